The summed E-state index contributed by atoms with van der Waals surface area (Å²) in [5, 5.41) is 0. The van der Waals surface area contributed by atoms with Crippen molar-refractivity contribution in [2.45, 2.75) is 64.6 Å². The quantitative estimate of drug-likeness (QED) is 0.520. The second kappa shape index (κ2) is 10.1. The summed E-state index contributed by atoms with van der Waals surface area (Å²) in [6.07, 6.45) is 4.26. The van der Waals surface area contributed by atoms with Crippen molar-refractivity contribution in [3.8, 4) is 0 Å². The molecule has 35 heavy (non-hydrogen) atoms. The molecule has 2 aliphatic rings. The van der Waals surface area contributed by atoms with E-state index < -0.39 is 0 Å². The van der Waals surface area contributed by atoms with Crippen molar-refractivity contribution in [1.82, 2.24) is 14.5 Å². The van der Waals surface area contributed by atoms with Crippen LogP contribution in [0, 0.1) is 12.8 Å². The van der Waals surface area contributed by atoms with Crippen molar-refractivity contribution in [2.75, 3.05) is 6.54 Å². The molecule has 0 unspecified atom stereocenters. The SMILES string of the molecule is Cc1nc2c(c(=O)n1C(c1ccccc1)c1ccccc1)CCN(C(=O)OC1CCC(C)CC1)C2. The molecule has 1 aromatic heterocycles. The van der Waals surface area contributed by atoms with Gasteiger partial charge >= 0.3 is 6.09 Å². The molecule has 0 N–H and O–H groups in total. The number of hydrogen-bond acceptors (Lipinski definition) is 4. The van der Waals surface area contributed by atoms with Crippen LogP contribution >= 0.6 is 0 Å². The predicted octanol–water partition coefficient (Wildman–Crippen LogP) is 5.26. The maximum atomic E-state index is 13.8. The normalized spacial score (nSPS) is 19.9. The van der Waals surface area contributed by atoms with Crippen molar-refractivity contribution in [1.29, 1.82) is 0 Å². The molecule has 6 nitrogen and oxygen atoms in total. The van der Waals surface area contributed by atoms with E-state index in [0.717, 1.165) is 36.8 Å². The third-order valence-corrected chi connectivity index (χ3v) is 7.42. The van der Waals surface area contributed by atoms with E-state index in [4.69, 9.17) is 9.72 Å². The second-order valence-electron chi connectivity index (χ2n) is 9.92. The maximum absolute atomic E-state index is 13.8. The smallest absolute Gasteiger partial charge is 0.410 e. The zero-order valence-corrected chi connectivity index (χ0v) is 20.5. The molecule has 2 heterocycles. The van der Waals surface area contributed by atoms with Gasteiger partial charge in [0.05, 0.1) is 18.3 Å². The number of ether oxygens (including phenoxy) is 1. The molecule has 2 aromatic carbocycles. The lowest BCUT2D eigenvalue weighted by molar-refractivity contribution is 0.0361. The van der Waals surface area contributed by atoms with Gasteiger partial charge in [-0.05, 0) is 56.1 Å². The van der Waals surface area contributed by atoms with Gasteiger partial charge in [0.1, 0.15) is 11.9 Å². The largest absolute Gasteiger partial charge is 0.446 e. The zero-order chi connectivity index (χ0) is 24.4. The van der Waals surface area contributed by atoms with Gasteiger partial charge in [0.25, 0.3) is 5.56 Å². The van der Waals surface area contributed by atoms with Gasteiger partial charge in [0.15, 0.2) is 0 Å². The number of carbonyl (C=O) groups is 1. The lowest BCUT2D eigenvalue weighted by Gasteiger charge is -2.32. The van der Waals surface area contributed by atoms with Crippen molar-refractivity contribution in [2.24, 2.45) is 5.92 Å². The van der Waals surface area contributed by atoms with E-state index in [0.29, 0.717) is 42.5 Å². The summed E-state index contributed by atoms with van der Waals surface area (Å²) >= 11 is 0. The Hall–Kier alpha value is -3.41. The van der Waals surface area contributed by atoms with E-state index in [1.165, 1.54) is 0 Å². The van der Waals surface area contributed by atoms with Gasteiger partial charge in [-0.2, -0.15) is 0 Å². The van der Waals surface area contributed by atoms with Crippen LogP contribution in [-0.4, -0.2) is 33.2 Å². The average Bonchev–Trinajstić information content (AvgIpc) is 2.88. The lowest BCUT2D eigenvalue weighted by atomic mass is 9.89. The van der Waals surface area contributed by atoms with Crippen molar-refractivity contribution in [3.63, 3.8) is 0 Å². The molecule has 182 valence electrons. The van der Waals surface area contributed by atoms with E-state index in [9.17, 15) is 9.59 Å². The first-order valence-electron chi connectivity index (χ1n) is 12.7. The Morgan fingerprint density at radius 3 is 2.17 bits per heavy atom. The molecule has 0 bridgehead atoms. The summed E-state index contributed by atoms with van der Waals surface area (Å²) in [6.45, 7) is 4.91. The van der Waals surface area contributed by atoms with Crippen LogP contribution < -0.4 is 5.56 Å². The molecule has 1 saturated carbocycles. The first kappa shape index (κ1) is 23.3. The highest BCUT2D eigenvalue weighted by atomic mass is 16.6. The number of nitrogens with zero attached hydrogens (tertiary/aromatic N) is 3. The highest BCUT2D eigenvalue weighted by molar-refractivity contribution is 5.68. The van der Waals surface area contributed by atoms with Gasteiger partial charge in [-0.1, -0.05) is 67.6 Å². The predicted molar refractivity (Wildman–Crippen MR) is 135 cm³/mol. The second-order valence-corrected chi connectivity index (χ2v) is 9.92. The number of rotatable bonds is 4. The minimum Gasteiger partial charge on any atom is -0.446 e. The third-order valence-electron chi connectivity index (χ3n) is 7.42. The van der Waals surface area contributed by atoms with Gasteiger partial charge in [-0.3, -0.25) is 9.36 Å². The van der Waals surface area contributed by atoms with Gasteiger partial charge in [-0.15, -0.1) is 0 Å². The summed E-state index contributed by atoms with van der Waals surface area (Å²) < 4.78 is 7.61. The number of carbonyl (C=O) groups excluding carboxylic acids is 1. The van der Waals surface area contributed by atoms with Crippen LogP contribution in [0.1, 0.15) is 66.9 Å². The fourth-order valence-corrected chi connectivity index (χ4v) is 5.41. The fraction of sp³-hybridized carbons (Fsp3) is 0.414. The molecule has 1 aliphatic heterocycles. The molecule has 0 radical (unpaired) electrons. The van der Waals surface area contributed by atoms with Gasteiger partial charge < -0.3 is 9.64 Å². The number of fused-ring (bicyclic) bond motifs is 1. The van der Waals surface area contributed by atoms with E-state index in [-0.39, 0.29) is 23.8 Å². The van der Waals surface area contributed by atoms with Crippen LogP contribution in [0.5, 0.6) is 0 Å². The standard InChI is InChI=1S/C29H33N3O3/c1-20-13-15-24(16-14-20)35-29(34)31-18-17-25-26(19-31)30-21(2)32(28(25)33)27(22-9-5-3-6-10-22)23-11-7-4-8-12-23/h3-12,20,24,27H,13-19H2,1-2H3. The summed E-state index contributed by atoms with van der Waals surface area (Å²) in [5.74, 6) is 1.35. The summed E-state index contributed by atoms with van der Waals surface area (Å²) in [4.78, 5) is 33.2. The monoisotopic (exact) mass is 471 g/mol. The molecular weight excluding hydrogens is 438 g/mol. The van der Waals surface area contributed by atoms with Crippen LogP contribution in [0.25, 0.3) is 0 Å². The molecule has 0 saturated heterocycles. The van der Waals surface area contributed by atoms with Crippen molar-refractivity contribution >= 4 is 6.09 Å². The molecular formula is C29H33N3O3. The molecule has 1 amide bonds. The lowest BCUT2D eigenvalue weighted by Crippen LogP contribution is -2.43. The van der Waals surface area contributed by atoms with Crippen LogP contribution in [0.15, 0.2) is 65.5 Å². The Morgan fingerprint density at radius 1 is 0.971 bits per heavy atom. The van der Waals surface area contributed by atoms with Crippen LogP contribution in [0.2, 0.25) is 0 Å². The van der Waals surface area contributed by atoms with Crippen LogP contribution in [0.4, 0.5) is 4.79 Å². The van der Waals surface area contributed by atoms with Crippen LogP contribution in [0.3, 0.4) is 0 Å². The average molecular weight is 472 g/mol. The van der Waals surface area contributed by atoms with Crippen molar-refractivity contribution < 1.29 is 9.53 Å². The molecule has 0 spiro atoms. The Morgan fingerprint density at radius 2 is 1.57 bits per heavy atom. The summed E-state index contributed by atoms with van der Waals surface area (Å²) in [7, 11) is 0. The van der Waals surface area contributed by atoms with E-state index >= 15 is 0 Å². The highest BCUT2D eigenvalue weighted by Crippen LogP contribution is 2.29. The van der Waals surface area contributed by atoms with Crippen LogP contribution in [-0.2, 0) is 17.7 Å². The number of aryl methyl sites for hydroxylation is 1. The van der Waals surface area contributed by atoms with Crippen molar-refractivity contribution in [3.05, 3.63) is 99.2 Å². The Kier molecular flexibility index (Phi) is 6.71. The van der Waals surface area contributed by atoms with Gasteiger partial charge in [0, 0.05) is 12.1 Å². The topological polar surface area (TPSA) is 64.4 Å². The fourth-order valence-electron chi connectivity index (χ4n) is 5.41. The Balaban J connectivity index is 1.43. The molecule has 1 aliphatic carbocycles. The number of hydrogen-bond donors (Lipinski definition) is 0. The number of amides is 1. The first-order chi connectivity index (χ1) is 17.0. The number of aromatic nitrogens is 2. The summed E-state index contributed by atoms with van der Waals surface area (Å²) in [6, 6.07) is 19.9. The molecule has 1 fully saturated rings. The third kappa shape index (κ3) is 4.88. The maximum Gasteiger partial charge on any atom is 0.410 e. The molecule has 5 rings (SSSR count). The minimum atomic E-state index is -0.287. The molecule has 0 atom stereocenters. The summed E-state index contributed by atoms with van der Waals surface area (Å²) in [5.41, 5.74) is 3.42. The first-order valence-corrected chi connectivity index (χ1v) is 12.7. The van der Waals surface area contributed by atoms with E-state index in [2.05, 4.69) is 6.92 Å². The van der Waals surface area contributed by atoms with Gasteiger partial charge in [0.2, 0.25) is 0 Å². The van der Waals surface area contributed by atoms with Gasteiger partial charge in [-0.25, -0.2) is 9.78 Å². The zero-order valence-electron chi connectivity index (χ0n) is 20.5. The Bertz CT molecular complexity index is 1190. The molecule has 3 aromatic rings. The minimum absolute atomic E-state index is 0.000274. The Labute approximate surface area is 206 Å². The van der Waals surface area contributed by atoms with E-state index in [1.54, 1.807) is 9.47 Å². The number of benzene rings is 2. The van der Waals surface area contributed by atoms with E-state index in [1.807, 2.05) is 67.6 Å². The molecule has 6 heteroatoms. The highest BCUT2D eigenvalue weighted by Gasteiger charge is 2.30.